The van der Waals surface area contributed by atoms with Gasteiger partial charge < -0.3 is 20.2 Å². The van der Waals surface area contributed by atoms with Gasteiger partial charge in [0.1, 0.15) is 23.4 Å². The molecule has 3 aromatic heterocycles. The molecule has 3 N–H and O–H groups in total. The third-order valence-electron chi connectivity index (χ3n) is 5.19. The van der Waals surface area contributed by atoms with Gasteiger partial charge in [-0.3, -0.25) is 9.78 Å². The highest BCUT2D eigenvalue weighted by Crippen LogP contribution is 2.41. The number of nitrogen functional groups attached to an aromatic ring is 1. The second-order valence-corrected chi connectivity index (χ2v) is 8.25. The van der Waals surface area contributed by atoms with Crippen LogP contribution in [0.4, 0.5) is 11.5 Å². The van der Waals surface area contributed by atoms with Gasteiger partial charge >= 0.3 is 0 Å². The Kier molecular flexibility index (Phi) is 4.62. The summed E-state index contributed by atoms with van der Waals surface area (Å²) in [5, 5.41) is 2.98. The molecule has 0 fully saturated rings. The van der Waals surface area contributed by atoms with Crippen molar-refractivity contribution in [3.05, 3.63) is 72.5 Å². The maximum absolute atomic E-state index is 13.0. The fourth-order valence-electron chi connectivity index (χ4n) is 3.79. The second kappa shape index (κ2) is 7.49. The van der Waals surface area contributed by atoms with E-state index >= 15 is 0 Å². The number of ether oxygens (including phenoxy) is 1. The summed E-state index contributed by atoms with van der Waals surface area (Å²) in [5.74, 6) is 1.06. The van der Waals surface area contributed by atoms with Crippen molar-refractivity contribution in [2.45, 2.75) is 25.9 Å². The van der Waals surface area contributed by atoms with Crippen molar-refractivity contribution in [1.29, 1.82) is 0 Å². The van der Waals surface area contributed by atoms with Crippen molar-refractivity contribution in [2.75, 3.05) is 11.1 Å². The lowest BCUT2D eigenvalue weighted by atomic mass is 9.97. The number of fused-ring (bicyclic) bond motifs is 1. The van der Waals surface area contributed by atoms with Crippen LogP contribution in [0.5, 0.6) is 5.75 Å². The monoisotopic (exact) mass is 427 g/mol. The number of hydrogen-bond acceptors (Lipinski definition) is 7. The SMILES string of the molecule is CC1(C)Cc2cc(NC(=O)c3coc(-c4ccnc(N)c4)n3)c(-c3cccnc3)cc2O1. The molecule has 0 saturated heterocycles. The quantitative estimate of drug-likeness (QED) is 0.497. The molecule has 0 saturated carbocycles. The minimum absolute atomic E-state index is 0.157. The number of benzene rings is 1. The van der Waals surface area contributed by atoms with Gasteiger partial charge in [-0.05, 0) is 44.2 Å². The van der Waals surface area contributed by atoms with Gasteiger partial charge in [-0.1, -0.05) is 6.07 Å². The van der Waals surface area contributed by atoms with E-state index in [-0.39, 0.29) is 17.2 Å². The lowest BCUT2D eigenvalue weighted by Gasteiger charge is -2.17. The first-order valence-electron chi connectivity index (χ1n) is 10.1. The van der Waals surface area contributed by atoms with Crippen LogP contribution in [0, 0.1) is 0 Å². The number of anilines is 2. The van der Waals surface area contributed by atoms with Crippen LogP contribution in [-0.2, 0) is 6.42 Å². The number of hydrogen-bond donors (Lipinski definition) is 2. The molecule has 0 radical (unpaired) electrons. The summed E-state index contributed by atoms with van der Waals surface area (Å²) in [5.41, 5.74) is 9.59. The molecule has 1 aliphatic heterocycles. The van der Waals surface area contributed by atoms with E-state index in [0.717, 1.165) is 28.9 Å². The number of amides is 1. The maximum Gasteiger partial charge on any atom is 0.277 e. The topological polar surface area (TPSA) is 116 Å². The molecule has 1 amide bonds. The molecule has 0 spiro atoms. The summed E-state index contributed by atoms with van der Waals surface area (Å²) in [7, 11) is 0. The summed E-state index contributed by atoms with van der Waals surface area (Å²) in [6.45, 7) is 4.08. The number of nitrogens with two attached hydrogens (primary N) is 1. The normalized spacial score (nSPS) is 13.9. The molecule has 0 unspecified atom stereocenters. The Balaban J connectivity index is 1.48. The van der Waals surface area contributed by atoms with Crippen molar-refractivity contribution in [3.8, 4) is 28.3 Å². The predicted molar refractivity (Wildman–Crippen MR) is 120 cm³/mol. The average molecular weight is 427 g/mol. The minimum atomic E-state index is -0.384. The average Bonchev–Trinajstić information content (AvgIpc) is 3.37. The molecule has 0 bridgehead atoms. The van der Waals surface area contributed by atoms with Crippen LogP contribution in [0.1, 0.15) is 29.9 Å². The Hall–Kier alpha value is -4.20. The lowest BCUT2D eigenvalue weighted by Crippen LogP contribution is -2.24. The Morgan fingerprint density at radius 1 is 1.16 bits per heavy atom. The summed E-state index contributed by atoms with van der Waals surface area (Å²) in [6.07, 6.45) is 7.08. The van der Waals surface area contributed by atoms with E-state index in [0.29, 0.717) is 23.0 Å². The molecule has 5 rings (SSSR count). The second-order valence-electron chi connectivity index (χ2n) is 8.25. The summed E-state index contributed by atoms with van der Waals surface area (Å²) in [6, 6.07) is 11.0. The zero-order valence-corrected chi connectivity index (χ0v) is 17.6. The Morgan fingerprint density at radius 3 is 2.81 bits per heavy atom. The van der Waals surface area contributed by atoms with Gasteiger partial charge in [-0.15, -0.1) is 0 Å². The molecular weight excluding hydrogens is 406 g/mol. The number of nitrogens with one attached hydrogen (secondary N) is 1. The first-order valence-corrected chi connectivity index (χ1v) is 10.1. The third kappa shape index (κ3) is 3.78. The number of carbonyl (C=O) groups is 1. The molecule has 0 aliphatic carbocycles. The number of rotatable bonds is 4. The molecular formula is C24H21N5O3. The standard InChI is InChI=1S/C24H21N5O3/c1-24(2)11-16-8-18(17(10-20(16)32-24)15-4-3-6-26-12-15)28-22(30)19-13-31-23(29-19)14-5-7-27-21(25)9-14/h3-10,12-13H,11H2,1-2H3,(H2,25,27)(H,28,30). The molecule has 8 heteroatoms. The zero-order chi connectivity index (χ0) is 22.3. The largest absolute Gasteiger partial charge is 0.487 e. The molecule has 160 valence electrons. The van der Waals surface area contributed by atoms with E-state index in [2.05, 4.69) is 20.3 Å². The van der Waals surface area contributed by atoms with E-state index < -0.39 is 0 Å². The molecule has 1 aromatic carbocycles. The minimum Gasteiger partial charge on any atom is -0.487 e. The molecule has 8 nitrogen and oxygen atoms in total. The summed E-state index contributed by atoms with van der Waals surface area (Å²) in [4.78, 5) is 25.5. The maximum atomic E-state index is 13.0. The van der Waals surface area contributed by atoms with Crippen molar-refractivity contribution in [1.82, 2.24) is 15.0 Å². The number of pyridine rings is 2. The molecule has 0 atom stereocenters. The fourth-order valence-corrected chi connectivity index (χ4v) is 3.79. The van der Waals surface area contributed by atoms with Crippen LogP contribution in [0.25, 0.3) is 22.6 Å². The van der Waals surface area contributed by atoms with Gasteiger partial charge in [0.15, 0.2) is 5.69 Å². The highest BCUT2D eigenvalue weighted by atomic mass is 16.5. The van der Waals surface area contributed by atoms with E-state index in [1.165, 1.54) is 6.26 Å². The van der Waals surface area contributed by atoms with Crippen molar-refractivity contribution < 1.29 is 13.9 Å². The molecule has 32 heavy (non-hydrogen) atoms. The van der Waals surface area contributed by atoms with Crippen LogP contribution >= 0.6 is 0 Å². The molecule has 4 aromatic rings. The van der Waals surface area contributed by atoms with Crippen LogP contribution in [0.2, 0.25) is 0 Å². The summed E-state index contributed by atoms with van der Waals surface area (Å²) >= 11 is 0. The number of carbonyl (C=O) groups excluding carboxylic acids is 1. The van der Waals surface area contributed by atoms with Gasteiger partial charge in [-0.2, -0.15) is 0 Å². The number of oxazole rings is 1. The zero-order valence-electron chi connectivity index (χ0n) is 17.6. The third-order valence-corrected chi connectivity index (χ3v) is 5.19. The first kappa shape index (κ1) is 19.7. The first-order chi connectivity index (χ1) is 15.4. The van der Waals surface area contributed by atoms with E-state index in [1.807, 2.05) is 38.1 Å². The highest BCUT2D eigenvalue weighted by molar-refractivity contribution is 6.05. The molecule has 4 heterocycles. The Labute approximate surface area is 184 Å². The smallest absolute Gasteiger partial charge is 0.277 e. The van der Waals surface area contributed by atoms with E-state index in [1.54, 1.807) is 30.7 Å². The van der Waals surface area contributed by atoms with Gasteiger partial charge in [0.2, 0.25) is 5.89 Å². The van der Waals surface area contributed by atoms with E-state index in [4.69, 9.17) is 14.9 Å². The highest BCUT2D eigenvalue weighted by Gasteiger charge is 2.31. The van der Waals surface area contributed by atoms with Gasteiger partial charge in [0, 0.05) is 53.0 Å². The Bertz CT molecular complexity index is 1310. The van der Waals surface area contributed by atoms with Crippen LogP contribution in [-0.4, -0.2) is 26.5 Å². The molecule has 1 aliphatic rings. The fraction of sp³-hybridized carbons (Fsp3) is 0.167. The van der Waals surface area contributed by atoms with Gasteiger partial charge in [0.25, 0.3) is 5.91 Å². The van der Waals surface area contributed by atoms with Gasteiger partial charge in [-0.25, -0.2) is 9.97 Å². The number of aromatic nitrogens is 3. The van der Waals surface area contributed by atoms with Crippen molar-refractivity contribution >= 4 is 17.4 Å². The van der Waals surface area contributed by atoms with E-state index in [9.17, 15) is 4.79 Å². The van der Waals surface area contributed by atoms with Crippen LogP contribution < -0.4 is 15.8 Å². The predicted octanol–water partition coefficient (Wildman–Crippen LogP) is 4.35. The lowest BCUT2D eigenvalue weighted by molar-refractivity contribution is 0.102. The van der Waals surface area contributed by atoms with Gasteiger partial charge in [0.05, 0.1) is 0 Å². The van der Waals surface area contributed by atoms with Crippen molar-refractivity contribution in [2.24, 2.45) is 0 Å². The van der Waals surface area contributed by atoms with Crippen LogP contribution in [0.3, 0.4) is 0 Å². The summed E-state index contributed by atoms with van der Waals surface area (Å²) < 4.78 is 11.6. The van der Waals surface area contributed by atoms with Crippen molar-refractivity contribution in [3.63, 3.8) is 0 Å². The Morgan fingerprint density at radius 2 is 2.03 bits per heavy atom. The number of nitrogens with zero attached hydrogens (tertiary/aromatic N) is 3. The van der Waals surface area contributed by atoms with Crippen LogP contribution in [0.15, 0.2) is 65.7 Å².